The molecular formula is C20H28N6O. The second-order valence-electron chi connectivity index (χ2n) is 6.69. The Kier molecular flexibility index (Phi) is 6.84. The fraction of sp³-hybridized carbons (Fsp3) is 0.450. The normalized spacial score (nSPS) is 14.9. The predicted molar refractivity (Wildman–Crippen MR) is 106 cm³/mol. The Morgan fingerprint density at radius 3 is 2.59 bits per heavy atom. The van der Waals surface area contributed by atoms with E-state index in [9.17, 15) is 4.79 Å². The molecule has 1 aliphatic heterocycles. The van der Waals surface area contributed by atoms with Crippen molar-refractivity contribution < 1.29 is 4.79 Å². The van der Waals surface area contributed by atoms with Crippen LogP contribution in [0.2, 0.25) is 0 Å². The van der Waals surface area contributed by atoms with E-state index in [4.69, 9.17) is 0 Å². The van der Waals surface area contributed by atoms with E-state index in [-0.39, 0.29) is 12.5 Å². The van der Waals surface area contributed by atoms with Gasteiger partial charge >= 0.3 is 0 Å². The molecule has 0 atom stereocenters. The summed E-state index contributed by atoms with van der Waals surface area (Å²) in [6.07, 6.45) is 7.17. The van der Waals surface area contributed by atoms with Gasteiger partial charge in [-0.15, -0.1) is 0 Å². The van der Waals surface area contributed by atoms with Crippen LogP contribution in [0.25, 0.3) is 0 Å². The number of amides is 1. The molecule has 1 aromatic heterocycles. The second kappa shape index (κ2) is 9.75. The summed E-state index contributed by atoms with van der Waals surface area (Å²) in [4.78, 5) is 18.5. The maximum Gasteiger partial charge on any atom is 0.241 e. The van der Waals surface area contributed by atoms with E-state index in [0.29, 0.717) is 12.5 Å². The van der Waals surface area contributed by atoms with Crippen LogP contribution in [0.15, 0.2) is 47.7 Å². The van der Waals surface area contributed by atoms with Crippen molar-refractivity contribution in [2.24, 2.45) is 4.99 Å². The van der Waals surface area contributed by atoms with Gasteiger partial charge in [-0.1, -0.05) is 24.3 Å². The zero-order valence-electron chi connectivity index (χ0n) is 15.9. The van der Waals surface area contributed by atoms with Gasteiger partial charge in [0.15, 0.2) is 5.96 Å². The lowest BCUT2D eigenvalue weighted by Crippen LogP contribution is -2.45. The third-order valence-corrected chi connectivity index (χ3v) is 4.80. The van der Waals surface area contributed by atoms with Gasteiger partial charge in [0.1, 0.15) is 0 Å². The molecule has 1 amide bonds. The van der Waals surface area contributed by atoms with Gasteiger partial charge < -0.3 is 15.5 Å². The van der Waals surface area contributed by atoms with E-state index in [2.05, 4.69) is 32.9 Å². The minimum atomic E-state index is 0.136. The van der Waals surface area contributed by atoms with Gasteiger partial charge in [-0.25, -0.2) is 0 Å². The molecule has 27 heavy (non-hydrogen) atoms. The number of carbonyl (C=O) groups is 1. The van der Waals surface area contributed by atoms with Gasteiger partial charge in [0.05, 0.1) is 13.1 Å². The fourth-order valence-corrected chi connectivity index (χ4v) is 3.27. The molecule has 144 valence electrons. The molecule has 1 fully saturated rings. The van der Waals surface area contributed by atoms with Gasteiger partial charge in [-0.3, -0.25) is 14.5 Å². The molecule has 0 unspecified atom stereocenters. The number of rotatable bonds is 6. The highest BCUT2D eigenvalue weighted by molar-refractivity contribution is 5.86. The number of aromatic nitrogens is 2. The number of guanidine groups is 1. The smallest absolute Gasteiger partial charge is 0.241 e. The standard InChI is InChI=1S/C20H28N6O/c1-21-20(23-15-19(27)25-11-5-2-6-12-25)22-14-17-8-3-4-9-18(17)16-26-13-7-10-24-26/h3-4,7-10,13H,2,5-6,11-12,14-16H2,1H3,(H2,21,22,23). The van der Waals surface area contributed by atoms with Crippen LogP contribution in [0, 0.1) is 0 Å². The third kappa shape index (κ3) is 5.57. The van der Waals surface area contributed by atoms with Crippen molar-refractivity contribution in [1.82, 2.24) is 25.3 Å². The van der Waals surface area contributed by atoms with Crippen LogP contribution in [-0.2, 0) is 17.9 Å². The summed E-state index contributed by atoms with van der Waals surface area (Å²) in [5.41, 5.74) is 2.38. The van der Waals surface area contributed by atoms with Crippen LogP contribution in [0.1, 0.15) is 30.4 Å². The first-order valence-corrected chi connectivity index (χ1v) is 9.53. The number of benzene rings is 1. The SMILES string of the molecule is CN=C(NCC(=O)N1CCCCC1)NCc1ccccc1Cn1cccn1. The molecule has 3 rings (SSSR count). The summed E-state index contributed by atoms with van der Waals surface area (Å²) in [6, 6.07) is 10.2. The molecule has 0 saturated carbocycles. The quantitative estimate of drug-likeness (QED) is 0.600. The molecule has 0 bridgehead atoms. The molecule has 1 aromatic carbocycles. The zero-order valence-corrected chi connectivity index (χ0v) is 15.9. The Balaban J connectivity index is 1.51. The number of nitrogens with zero attached hydrogens (tertiary/aromatic N) is 4. The van der Waals surface area contributed by atoms with Crippen LogP contribution in [-0.4, -0.2) is 53.2 Å². The molecule has 0 spiro atoms. The lowest BCUT2D eigenvalue weighted by molar-refractivity contribution is -0.130. The first-order valence-electron chi connectivity index (χ1n) is 9.53. The van der Waals surface area contributed by atoms with E-state index >= 15 is 0 Å². The maximum absolute atomic E-state index is 12.3. The Hall–Kier alpha value is -2.83. The Labute approximate surface area is 160 Å². The summed E-state index contributed by atoms with van der Waals surface area (Å²) >= 11 is 0. The largest absolute Gasteiger partial charge is 0.352 e. The van der Waals surface area contributed by atoms with Crippen molar-refractivity contribution in [2.75, 3.05) is 26.7 Å². The van der Waals surface area contributed by atoms with Crippen molar-refractivity contribution in [3.05, 3.63) is 53.9 Å². The number of carbonyl (C=O) groups excluding carboxylic acids is 1. The fourth-order valence-electron chi connectivity index (χ4n) is 3.27. The maximum atomic E-state index is 12.3. The van der Waals surface area contributed by atoms with Crippen LogP contribution >= 0.6 is 0 Å². The average Bonchev–Trinajstić information content (AvgIpc) is 3.23. The van der Waals surface area contributed by atoms with Gasteiger partial charge in [-0.2, -0.15) is 5.10 Å². The summed E-state index contributed by atoms with van der Waals surface area (Å²) in [6.45, 7) is 3.37. The molecule has 7 nitrogen and oxygen atoms in total. The molecule has 7 heteroatoms. The van der Waals surface area contributed by atoms with Crippen molar-refractivity contribution in [3.8, 4) is 0 Å². The Morgan fingerprint density at radius 1 is 1.11 bits per heavy atom. The summed E-state index contributed by atoms with van der Waals surface area (Å²) in [5.74, 6) is 0.769. The Morgan fingerprint density at radius 2 is 1.89 bits per heavy atom. The first-order chi connectivity index (χ1) is 13.3. The molecule has 1 saturated heterocycles. The number of nitrogens with one attached hydrogen (secondary N) is 2. The van der Waals surface area contributed by atoms with E-state index in [1.807, 2.05) is 34.0 Å². The molecule has 0 radical (unpaired) electrons. The highest BCUT2D eigenvalue weighted by Crippen LogP contribution is 2.10. The monoisotopic (exact) mass is 368 g/mol. The van der Waals surface area contributed by atoms with E-state index in [1.165, 1.54) is 17.5 Å². The average molecular weight is 368 g/mol. The van der Waals surface area contributed by atoms with Gasteiger partial charge in [0.25, 0.3) is 0 Å². The van der Waals surface area contributed by atoms with Crippen molar-refractivity contribution in [2.45, 2.75) is 32.4 Å². The number of piperidine rings is 1. The van der Waals surface area contributed by atoms with Gasteiger partial charge in [0, 0.05) is 39.1 Å². The topological polar surface area (TPSA) is 74.6 Å². The molecule has 2 aromatic rings. The predicted octanol–water partition coefficient (Wildman–Crippen LogP) is 1.61. The van der Waals surface area contributed by atoms with Gasteiger partial charge in [0.2, 0.25) is 5.91 Å². The minimum Gasteiger partial charge on any atom is -0.352 e. The Bertz CT molecular complexity index is 750. The van der Waals surface area contributed by atoms with E-state index in [0.717, 1.165) is 32.5 Å². The summed E-state index contributed by atoms with van der Waals surface area (Å²) in [5, 5.41) is 10.7. The summed E-state index contributed by atoms with van der Waals surface area (Å²) < 4.78 is 1.91. The van der Waals surface area contributed by atoms with Crippen molar-refractivity contribution in [3.63, 3.8) is 0 Å². The lowest BCUT2D eigenvalue weighted by atomic mass is 10.1. The van der Waals surface area contributed by atoms with Gasteiger partial charge in [-0.05, 0) is 36.5 Å². The number of aliphatic imine (C=N–C) groups is 1. The number of hydrogen-bond donors (Lipinski definition) is 2. The molecule has 0 aliphatic carbocycles. The van der Waals surface area contributed by atoms with Crippen molar-refractivity contribution in [1.29, 1.82) is 0 Å². The first kappa shape index (κ1) is 18.9. The lowest BCUT2D eigenvalue weighted by Gasteiger charge is -2.27. The number of likely N-dealkylation sites (tertiary alicyclic amines) is 1. The third-order valence-electron chi connectivity index (χ3n) is 4.80. The molecule has 1 aliphatic rings. The molecule has 2 N–H and O–H groups in total. The number of hydrogen-bond acceptors (Lipinski definition) is 3. The van der Waals surface area contributed by atoms with Crippen molar-refractivity contribution >= 4 is 11.9 Å². The van der Waals surface area contributed by atoms with Crippen LogP contribution in [0.4, 0.5) is 0 Å². The second-order valence-corrected chi connectivity index (χ2v) is 6.69. The summed E-state index contributed by atoms with van der Waals surface area (Å²) in [7, 11) is 1.72. The van der Waals surface area contributed by atoms with Crippen LogP contribution in [0.5, 0.6) is 0 Å². The highest BCUT2D eigenvalue weighted by Gasteiger charge is 2.16. The van der Waals surface area contributed by atoms with Crippen LogP contribution < -0.4 is 10.6 Å². The zero-order chi connectivity index (χ0) is 18.9. The van der Waals surface area contributed by atoms with Crippen LogP contribution in [0.3, 0.4) is 0 Å². The van der Waals surface area contributed by atoms with E-state index < -0.39 is 0 Å². The highest BCUT2D eigenvalue weighted by atomic mass is 16.2. The molecular weight excluding hydrogens is 340 g/mol. The van der Waals surface area contributed by atoms with E-state index in [1.54, 1.807) is 13.2 Å². The molecule has 2 heterocycles. The minimum absolute atomic E-state index is 0.136.